The van der Waals surface area contributed by atoms with Gasteiger partial charge in [0.05, 0.1) is 0 Å². The fraction of sp³-hybridized carbons (Fsp3) is 0.286. The second-order valence-corrected chi connectivity index (χ2v) is 2.86. The van der Waals surface area contributed by atoms with Gasteiger partial charge < -0.3 is 9.94 Å². The largest absolute Gasteiger partial charge is 0.476 e. The van der Waals surface area contributed by atoms with Gasteiger partial charge in [0.2, 0.25) is 0 Å². The summed E-state index contributed by atoms with van der Waals surface area (Å²) in [5.74, 6) is -3.38. The van der Waals surface area contributed by atoms with Gasteiger partial charge in [0.25, 0.3) is 0 Å². The fourth-order valence-corrected chi connectivity index (χ4v) is 1.01. The van der Waals surface area contributed by atoms with Crippen LogP contribution in [0, 0.1) is 0 Å². The predicted octanol–water partition coefficient (Wildman–Crippen LogP) is 0.429. The monoisotopic (exact) mass is 221 g/mol. The maximum atomic E-state index is 12.3. The Morgan fingerprint density at radius 2 is 2.20 bits per heavy atom. The Balaban J connectivity index is 2.27. The van der Waals surface area contributed by atoms with E-state index in [9.17, 15) is 13.2 Å². The van der Waals surface area contributed by atoms with Crippen molar-refractivity contribution in [2.45, 2.75) is 12.1 Å². The van der Waals surface area contributed by atoms with Crippen molar-refractivity contribution in [3.63, 3.8) is 0 Å². The SMILES string of the molecule is OC1(C(F)(F)F)NN2C=CC=CC2=NO1. The van der Waals surface area contributed by atoms with Crippen LogP contribution in [0.3, 0.4) is 0 Å². The lowest BCUT2D eigenvalue weighted by molar-refractivity contribution is -0.395. The van der Waals surface area contributed by atoms with E-state index < -0.39 is 12.1 Å². The Morgan fingerprint density at radius 3 is 2.87 bits per heavy atom. The first-order chi connectivity index (χ1) is 6.92. The quantitative estimate of drug-likeness (QED) is 0.622. The number of fused-ring (bicyclic) bond motifs is 1. The summed E-state index contributed by atoms with van der Waals surface area (Å²) in [6, 6.07) is 0. The number of hydrogen-bond acceptors (Lipinski definition) is 5. The van der Waals surface area contributed by atoms with Crippen LogP contribution < -0.4 is 5.43 Å². The minimum atomic E-state index is -4.99. The normalized spacial score (nSPS) is 29.6. The zero-order chi connectivity index (χ0) is 11.1. The average molecular weight is 221 g/mol. The zero-order valence-corrected chi connectivity index (χ0v) is 7.19. The van der Waals surface area contributed by atoms with Gasteiger partial charge in [-0.2, -0.15) is 18.6 Å². The Labute approximate surface area is 82.1 Å². The fourth-order valence-electron chi connectivity index (χ4n) is 1.01. The van der Waals surface area contributed by atoms with Crippen LogP contribution in [0.1, 0.15) is 0 Å². The number of hydrazine groups is 1. The van der Waals surface area contributed by atoms with Crippen LogP contribution >= 0.6 is 0 Å². The van der Waals surface area contributed by atoms with Gasteiger partial charge in [0, 0.05) is 6.20 Å². The number of hydrogen-bond donors (Lipinski definition) is 2. The van der Waals surface area contributed by atoms with E-state index in [0.717, 1.165) is 5.01 Å². The molecule has 0 amide bonds. The molecule has 0 radical (unpaired) electrons. The summed E-state index contributed by atoms with van der Waals surface area (Å²) in [5.41, 5.74) is 1.74. The summed E-state index contributed by atoms with van der Waals surface area (Å²) in [6.45, 7) is 0. The maximum Gasteiger partial charge on any atom is 0.476 e. The smallest absolute Gasteiger partial charge is 0.334 e. The Bertz CT molecular complexity index is 363. The van der Waals surface area contributed by atoms with Crippen LogP contribution in [0.2, 0.25) is 0 Å². The van der Waals surface area contributed by atoms with Gasteiger partial charge in [-0.25, -0.2) is 0 Å². The summed E-state index contributed by atoms with van der Waals surface area (Å²) in [7, 11) is 0. The lowest BCUT2D eigenvalue weighted by atomic mass is 10.3. The van der Waals surface area contributed by atoms with Crippen LogP contribution in [-0.2, 0) is 4.84 Å². The van der Waals surface area contributed by atoms with Crippen molar-refractivity contribution in [3.05, 3.63) is 24.4 Å². The zero-order valence-electron chi connectivity index (χ0n) is 7.19. The van der Waals surface area contributed by atoms with E-state index in [1.165, 1.54) is 18.4 Å². The molecule has 0 aromatic rings. The number of nitrogens with one attached hydrogen (secondary N) is 1. The first-order valence-electron chi connectivity index (χ1n) is 3.89. The second kappa shape index (κ2) is 2.97. The van der Waals surface area contributed by atoms with Crippen LogP contribution in [0.5, 0.6) is 0 Å². The summed E-state index contributed by atoms with van der Waals surface area (Å²) in [5, 5.41) is 13.1. The van der Waals surface area contributed by atoms with Crippen molar-refractivity contribution in [2.24, 2.45) is 5.16 Å². The summed E-state index contributed by atoms with van der Waals surface area (Å²) < 4.78 is 36.9. The molecule has 2 aliphatic rings. The highest BCUT2D eigenvalue weighted by Crippen LogP contribution is 2.31. The summed E-state index contributed by atoms with van der Waals surface area (Å²) in [6.07, 6.45) is 0.754. The van der Waals surface area contributed by atoms with E-state index in [0.29, 0.717) is 0 Å². The number of aliphatic hydroxyl groups is 1. The lowest BCUT2D eigenvalue weighted by Gasteiger charge is -2.37. The highest BCUT2D eigenvalue weighted by atomic mass is 19.4. The first-order valence-corrected chi connectivity index (χ1v) is 3.89. The van der Waals surface area contributed by atoms with Gasteiger partial charge >= 0.3 is 12.1 Å². The molecular weight excluding hydrogens is 215 g/mol. The van der Waals surface area contributed by atoms with Gasteiger partial charge in [0.1, 0.15) is 0 Å². The van der Waals surface area contributed by atoms with Gasteiger partial charge in [-0.1, -0.05) is 11.2 Å². The molecular formula is C7H6F3N3O2. The molecule has 0 spiro atoms. The van der Waals surface area contributed by atoms with E-state index >= 15 is 0 Å². The van der Waals surface area contributed by atoms with E-state index in [1.807, 2.05) is 0 Å². The average Bonchev–Trinajstić information content (AvgIpc) is 2.16. The lowest BCUT2D eigenvalue weighted by Crippen LogP contribution is -2.65. The number of alkyl halides is 3. The number of allylic oxidation sites excluding steroid dienone is 2. The molecule has 2 heterocycles. The minimum Gasteiger partial charge on any atom is -0.334 e. The van der Waals surface area contributed by atoms with Crippen molar-refractivity contribution in [3.8, 4) is 0 Å². The number of rotatable bonds is 0. The van der Waals surface area contributed by atoms with Crippen LogP contribution in [-0.4, -0.2) is 28.0 Å². The standard InChI is InChI=1S/C7H6F3N3O2/c8-6(9,10)7(14)12-13-4-2-1-3-5(13)11-15-7/h1-4,12,14H. The van der Waals surface area contributed by atoms with Crippen molar-refractivity contribution in [1.29, 1.82) is 0 Å². The molecule has 1 unspecified atom stereocenters. The third-order valence-corrected chi connectivity index (χ3v) is 1.77. The summed E-state index contributed by atoms with van der Waals surface area (Å²) in [4.78, 5) is 3.98. The predicted molar refractivity (Wildman–Crippen MR) is 42.8 cm³/mol. The molecule has 0 aliphatic carbocycles. The molecule has 2 rings (SSSR count). The number of amidine groups is 1. The molecule has 2 N–H and O–H groups in total. The van der Waals surface area contributed by atoms with Crippen molar-refractivity contribution in [1.82, 2.24) is 10.4 Å². The molecule has 0 aromatic carbocycles. The van der Waals surface area contributed by atoms with Crippen LogP contribution in [0.15, 0.2) is 29.6 Å². The van der Waals surface area contributed by atoms with Crippen molar-refractivity contribution >= 4 is 5.84 Å². The van der Waals surface area contributed by atoms with Gasteiger partial charge in [0.15, 0.2) is 5.84 Å². The highest BCUT2D eigenvalue weighted by Gasteiger charge is 2.60. The third kappa shape index (κ3) is 1.57. The minimum absolute atomic E-state index is 0.117. The molecule has 15 heavy (non-hydrogen) atoms. The van der Waals surface area contributed by atoms with E-state index in [1.54, 1.807) is 11.5 Å². The summed E-state index contributed by atoms with van der Waals surface area (Å²) >= 11 is 0. The Hall–Kier alpha value is -1.54. The van der Waals surface area contributed by atoms with Gasteiger partial charge in [-0.3, -0.25) is 5.01 Å². The second-order valence-electron chi connectivity index (χ2n) is 2.86. The highest BCUT2D eigenvalue weighted by molar-refractivity contribution is 5.94. The van der Waals surface area contributed by atoms with E-state index in [2.05, 4.69) is 9.99 Å². The maximum absolute atomic E-state index is 12.3. The van der Waals surface area contributed by atoms with E-state index in [-0.39, 0.29) is 5.84 Å². The molecule has 2 aliphatic heterocycles. The molecule has 1 atom stereocenters. The number of oxime groups is 1. The molecule has 82 valence electrons. The third-order valence-electron chi connectivity index (χ3n) is 1.77. The molecule has 0 fully saturated rings. The number of halogens is 3. The number of nitrogens with zero attached hydrogens (tertiary/aromatic N) is 2. The Morgan fingerprint density at radius 1 is 1.47 bits per heavy atom. The van der Waals surface area contributed by atoms with Crippen molar-refractivity contribution in [2.75, 3.05) is 0 Å². The van der Waals surface area contributed by atoms with Crippen LogP contribution in [0.4, 0.5) is 13.2 Å². The van der Waals surface area contributed by atoms with Crippen molar-refractivity contribution < 1.29 is 23.1 Å². The molecule has 8 heteroatoms. The van der Waals surface area contributed by atoms with Crippen LogP contribution in [0.25, 0.3) is 0 Å². The Kier molecular flexibility index (Phi) is 1.98. The first kappa shape index (κ1) is 9.99. The molecule has 0 saturated heterocycles. The van der Waals surface area contributed by atoms with Gasteiger partial charge in [-0.05, 0) is 12.2 Å². The molecule has 0 aromatic heterocycles. The van der Waals surface area contributed by atoms with E-state index in [4.69, 9.17) is 5.11 Å². The molecule has 0 bridgehead atoms. The topological polar surface area (TPSA) is 57.1 Å². The van der Waals surface area contributed by atoms with Gasteiger partial charge in [-0.15, -0.1) is 0 Å². The molecule has 0 saturated carbocycles. The molecule has 5 nitrogen and oxygen atoms in total.